The van der Waals surface area contributed by atoms with Crippen molar-refractivity contribution < 1.29 is 23.8 Å². The Hall–Kier alpha value is -1.82. The molecule has 0 spiro atoms. The summed E-state index contributed by atoms with van der Waals surface area (Å²) in [5, 5.41) is 9.39. The summed E-state index contributed by atoms with van der Waals surface area (Å²) < 4.78 is 10.3. The minimum Gasteiger partial charge on any atom is -0.481 e. The molecule has 110 valence electrons. The Kier molecular flexibility index (Phi) is 4.13. The fraction of sp³-hybridized carbons (Fsp3) is 0.571. The monoisotopic (exact) mass is 281 g/mol. The number of hydrogen-bond donors (Lipinski definition) is 1. The van der Waals surface area contributed by atoms with Crippen LogP contribution in [0.3, 0.4) is 0 Å². The third-order valence-corrected chi connectivity index (χ3v) is 3.81. The summed E-state index contributed by atoms with van der Waals surface area (Å²) in [5.74, 6) is -0.457. The predicted molar refractivity (Wildman–Crippen MR) is 70.6 cm³/mol. The first-order valence-corrected chi connectivity index (χ1v) is 6.62. The summed E-state index contributed by atoms with van der Waals surface area (Å²) in [4.78, 5) is 25.5. The number of carboxylic acid groups (broad SMARTS) is 1. The Morgan fingerprint density at radius 1 is 1.55 bits per heavy atom. The largest absolute Gasteiger partial charge is 0.481 e. The van der Waals surface area contributed by atoms with Crippen LogP contribution in [0.15, 0.2) is 16.7 Å². The van der Waals surface area contributed by atoms with Crippen LogP contribution in [0, 0.1) is 5.41 Å². The van der Waals surface area contributed by atoms with E-state index in [1.54, 1.807) is 11.0 Å². The Morgan fingerprint density at radius 3 is 2.90 bits per heavy atom. The van der Waals surface area contributed by atoms with E-state index in [4.69, 9.17) is 9.15 Å². The average Bonchev–Trinajstić information content (AvgIpc) is 3.05. The molecule has 6 heteroatoms. The second-order valence-electron chi connectivity index (χ2n) is 5.11. The number of hydrogen-bond acceptors (Lipinski definition) is 4. The predicted octanol–water partition coefficient (Wildman–Crippen LogP) is 1.41. The molecule has 0 saturated carbocycles. The summed E-state index contributed by atoms with van der Waals surface area (Å²) >= 11 is 0. The second-order valence-corrected chi connectivity index (χ2v) is 5.11. The standard InChI is InChI=1S/C14H19NO5/c1-3-11-10(4-7-20-11)12(16)15-6-5-14(8-15,9-19-2)13(17)18/h4,7H,3,5-6,8-9H2,1-2H3,(H,17,18). The van der Waals surface area contributed by atoms with Crippen molar-refractivity contribution in [2.45, 2.75) is 19.8 Å². The molecule has 1 aromatic rings. The van der Waals surface area contributed by atoms with Gasteiger partial charge in [0.05, 0.1) is 18.4 Å². The highest BCUT2D eigenvalue weighted by Gasteiger charge is 2.46. The molecule has 1 aliphatic heterocycles. The van der Waals surface area contributed by atoms with Crippen molar-refractivity contribution in [1.29, 1.82) is 0 Å². The van der Waals surface area contributed by atoms with E-state index in [9.17, 15) is 14.7 Å². The van der Waals surface area contributed by atoms with Crippen LogP contribution in [-0.4, -0.2) is 48.7 Å². The molecule has 1 atom stereocenters. The van der Waals surface area contributed by atoms with Crippen molar-refractivity contribution in [2.75, 3.05) is 26.8 Å². The lowest BCUT2D eigenvalue weighted by atomic mass is 9.88. The van der Waals surface area contributed by atoms with Crippen molar-refractivity contribution in [2.24, 2.45) is 5.41 Å². The van der Waals surface area contributed by atoms with E-state index in [0.717, 1.165) is 0 Å². The summed E-state index contributed by atoms with van der Waals surface area (Å²) in [6.45, 7) is 2.61. The first-order valence-electron chi connectivity index (χ1n) is 6.62. The minimum absolute atomic E-state index is 0.109. The molecule has 0 aliphatic carbocycles. The first-order chi connectivity index (χ1) is 9.54. The smallest absolute Gasteiger partial charge is 0.313 e. The van der Waals surface area contributed by atoms with Crippen LogP contribution in [0.5, 0.6) is 0 Å². The van der Waals surface area contributed by atoms with E-state index in [1.165, 1.54) is 13.4 Å². The lowest BCUT2D eigenvalue weighted by Crippen LogP contribution is -2.40. The number of furan rings is 1. The van der Waals surface area contributed by atoms with Crippen LogP contribution >= 0.6 is 0 Å². The van der Waals surface area contributed by atoms with Crippen molar-refractivity contribution in [3.8, 4) is 0 Å². The molecule has 6 nitrogen and oxygen atoms in total. The molecule has 1 aromatic heterocycles. The molecule has 1 aliphatic rings. The van der Waals surface area contributed by atoms with Crippen LogP contribution in [0.2, 0.25) is 0 Å². The lowest BCUT2D eigenvalue weighted by Gasteiger charge is -2.23. The van der Waals surface area contributed by atoms with E-state index >= 15 is 0 Å². The number of aliphatic carboxylic acids is 1. The SMILES string of the molecule is CCc1occc1C(=O)N1CCC(COC)(C(=O)O)C1. The molecule has 20 heavy (non-hydrogen) atoms. The van der Waals surface area contributed by atoms with E-state index < -0.39 is 11.4 Å². The topological polar surface area (TPSA) is 80.0 Å². The fourth-order valence-corrected chi connectivity index (χ4v) is 2.65. The number of carbonyl (C=O) groups is 2. The highest BCUT2D eigenvalue weighted by molar-refractivity contribution is 5.96. The van der Waals surface area contributed by atoms with E-state index in [1.807, 2.05) is 6.92 Å². The van der Waals surface area contributed by atoms with Crippen molar-refractivity contribution in [1.82, 2.24) is 4.90 Å². The first kappa shape index (κ1) is 14.6. The molecular weight excluding hydrogens is 262 g/mol. The third-order valence-electron chi connectivity index (χ3n) is 3.81. The maximum absolute atomic E-state index is 12.4. The van der Waals surface area contributed by atoms with Crippen molar-refractivity contribution in [3.63, 3.8) is 0 Å². The molecule has 0 aromatic carbocycles. The van der Waals surface area contributed by atoms with Gasteiger partial charge in [0.2, 0.25) is 0 Å². The molecule has 1 saturated heterocycles. The number of carboxylic acids is 1. The maximum atomic E-state index is 12.4. The van der Waals surface area contributed by atoms with Gasteiger partial charge in [-0.2, -0.15) is 0 Å². The zero-order valence-corrected chi connectivity index (χ0v) is 11.7. The highest BCUT2D eigenvalue weighted by atomic mass is 16.5. The Morgan fingerprint density at radius 2 is 2.30 bits per heavy atom. The molecule has 0 radical (unpaired) electrons. The molecule has 0 bridgehead atoms. The van der Waals surface area contributed by atoms with Gasteiger partial charge in [-0.1, -0.05) is 6.92 Å². The molecule has 1 unspecified atom stereocenters. The van der Waals surface area contributed by atoms with Crippen molar-refractivity contribution >= 4 is 11.9 Å². The Balaban J connectivity index is 2.16. The Bertz CT molecular complexity index is 509. The fourth-order valence-electron chi connectivity index (χ4n) is 2.65. The number of rotatable bonds is 5. The van der Waals surface area contributed by atoms with Gasteiger partial charge < -0.3 is 19.2 Å². The minimum atomic E-state index is -0.999. The van der Waals surface area contributed by atoms with Crippen LogP contribution in [0.4, 0.5) is 0 Å². The highest BCUT2D eigenvalue weighted by Crippen LogP contribution is 2.32. The van der Waals surface area contributed by atoms with Gasteiger partial charge in [0.15, 0.2) is 0 Å². The number of amides is 1. The van der Waals surface area contributed by atoms with Gasteiger partial charge in [0.25, 0.3) is 5.91 Å². The summed E-state index contributed by atoms with van der Waals surface area (Å²) in [6, 6.07) is 1.64. The second kappa shape index (κ2) is 5.66. The normalized spacial score (nSPS) is 22.2. The average molecular weight is 281 g/mol. The number of nitrogens with zero attached hydrogens (tertiary/aromatic N) is 1. The van der Waals surface area contributed by atoms with E-state index in [0.29, 0.717) is 30.7 Å². The molecule has 2 heterocycles. The lowest BCUT2D eigenvalue weighted by molar-refractivity contribution is -0.151. The number of likely N-dealkylation sites (tertiary alicyclic amines) is 1. The zero-order valence-electron chi connectivity index (χ0n) is 11.7. The number of ether oxygens (including phenoxy) is 1. The molecule has 1 amide bonds. The van der Waals surface area contributed by atoms with E-state index in [2.05, 4.69) is 0 Å². The quantitative estimate of drug-likeness (QED) is 0.882. The zero-order chi connectivity index (χ0) is 14.8. The van der Waals surface area contributed by atoms with Gasteiger partial charge in [0, 0.05) is 26.6 Å². The van der Waals surface area contributed by atoms with Crippen LogP contribution < -0.4 is 0 Å². The number of methoxy groups -OCH3 is 1. The molecule has 2 rings (SSSR count). The maximum Gasteiger partial charge on any atom is 0.313 e. The van der Waals surface area contributed by atoms with Gasteiger partial charge in [-0.3, -0.25) is 9.59 Å². The van der Waals surface area contributed by atoms with Gasteiger partial charge in [-0.05, 0) is 12.5 Å². The van der Waals surface area contributed by atoms with Gasteiger partial charge >= 0.3 is 5.97 Å². The third kappa shape index (κ3) is 2.43. The van der Waals surface area contributed by atoms with Crippen LogP contribution in [0.25, 0.3) is 0 Å². The van der Waals surface area contributed by atoms with Crippen LogP contribution in [0.1, 0.15) is 29.5 Å². The van der Waals surface area contributed by atoms with Crippen molar-refractivity contribution in [3.05, 3.63) is 23.7 Å². The molecule has 1 fully saturated rings. The van der Waals surface area contributed by atoms with Gasteiger partial charge in [0.1, 0.15) is 11.2 Å². The van der Waals surface area contributed by atoms with Crippen LogP contribution in [-0.2, 0) is 16.0 Å². The Labute approximate surface area is 117 Å². The number of aryl methyl sites for hydroxylation is 1. The number of carbonyl (C=O) groups excluding carboxylic acids is 1. The van der Waals surface area contributed by atoms with Gasteiger partial charge in [-0.15, -0.1) is 0 Å². The molecular formula is C14H19NO5. The summed E-state index contributed by atoms with van der Waals surface area (Å²) in [6.07, 6.45) is 2.52. The summed E-state index contributed by atoms with van der Waals surface area (Å²) in [5.41, 5.74) is -0.480. The van der Waals surface area contributed by atoms with E-state index in [-0.39, 0.29) is 19.1 Å². The molecule has 1 N–H and O–H groups in total. The summed E-state index contributed by atoms with van der Waals surface area (Å²) in [7, 11) is 1.47. The van der Waals surface area contributed by atoms with Gasteiger partial charge in [-0.25, -0.2) is 0 Å².